The zero-order valence-electron chi connectivity index (χ0n) is 24.4. The molecule has 0 aliphatic carbocycles. The quantitative estimate of drug-likeness (QED) is 0.221. The summed E-state index contributed by atoms with van der Waals surface area (Å²) in [6.07, 6.45) is -6.47. The van der Waals surface area contributed by atoms with Crippen LogP contribution in [0.15, 0.2) is 24.3 Å². The summed E-state index contributed by atoms with van der Waals surface area (Å²) >= 11 is 13.0. The van der Waals surface area contributed by atoms with Gasteiger partial charge in [-0.05, 0) is 23.8 Å². The number of nitrogens with one attached hydrogen (secondary N) is 3. The van der Waals surface area contributed by atoms with Gasteiger partial charge in [-0.3, -0.25) is 9.59 Å². The molecule has 0 atom stereocenters. The topological polar surface area (TPSA) is 91.3 Å². The Morgan fingerprint density at radius 3 is 2.29 bits per heavy atom. The maximum absolute atomic E-state index is 14.1. The summed E-state index contributed by atoms with van der Waals surface area (Å²) in [5.41, 5.74) is -0.0433. The second-order valence-electron chi connectivity index (χ2n) is 11.7. The van der Waals surface area contributed by atoms with E-state index in [4.69, 9.17) is 23.2 Å². The molecular formula is C28H29Cl2F7N6O2. The summed E-state index contributed by atoms with van der Waals surface area (Å²) in [5, 5.41) is 7.69. The highest BCUT2D eigenvalue weighted by atomic mass is 35.5. The van der Waals surface area contributed by atoms with Gasteiger partial charge in [0.25, 0.3) is 11.8 Å². The average molecular weight is 685 g/mol. The fourth-order valence-electron chi connectivity index (χ4n) is 4.51. The third-order valence-electron chi connectivity index (χ3n) is 7.17. The van der Waals surface area contributed by atoms with E-state index in [2.05, 4.69) is 15.6 Å². The van der Waals surface area contributed by atoms with Crippen LogP contribution in [-0.4, -0.2) is 59.0 Å². The lowest BCUT2D eigenvalue weighted by Crippen LogP contribution is -2.47. The molecule has 0 spiro atoms. The third-order valence-corrected chi connectivity index (χ3v) is 7.91. The minimum atomic E-state index is -5.91. The Labute approximate surface area is 263 Å². The SMILES string of the molecule is Cn1c(Nc2c(Cl)ccc(CNC(=O)C(C)(C)C)c2Cl)nc2cc(C(=O)NCC(F)(F)C(F)(F)F)c(N3CCC(F)(F)C3)cc21. The first-order chi connectivity index (χ1) is 20.6. The van der Waals surface area contributed by atoms with Crippen molar-refractivity contribution in [2.75, 3.05) is 29.9 Å². The molecule has 3 N–H and O–H groups in total. The molecule has 0 bridgehead atoms. The Kier molecular flexibility index (Phi) is 9.21. The number of rotatable bonds is 8. The number of benzene rings is 2. The van der Waals surface area contributed by atoms with Gasteiger partial charge in [0.1, 0.15) is 0 Å². The molecule has 0 unspecified atom stereocenters. The largest absolute Gasteiger partial charge is 0.455 e. The van der Waals surface area contributed by atoms with Crippen molar-refractivity contribution in [1.29, 1.82) is 0 Å². The molecule has 1 saturated heterocycles. The number of aromatic nitrogens is 2. The van der Waals surface area contributed by atoms with Crippen molar-refractivity contribution in [1.82, 2.24) is 20.2 Å². The molecule has 1 aliphatic rings. The Hall–Kier alpha value is -3.46. The molecule has 3 aromatic rings. The maximum atomic E-state index is 14.1. The molecule has 0 radical (unpaired) electrons. The lowest BCUT2D eigenvalue weighted by molar-refractivity contribution is -0.278. The monoisotopic (exact) mass is 684 g/mol. The van der Waals surface area contributed by atoms with Gasteiger partial charge in [0.15, 0.2) is 0 Å². The second-order valence-corrected chi connectivity index (χ2v) is 12.5. The summed E-state index contributed by atoms with van der Waals surface area (Å²) in [7, 11) is 1.55. The second kappa shape index (κ2) is 12.0. The van der Waals surface area contributed by atoms with Crippen molar-refractivity contribution in [3.8, 4) is 0 Å². The highest BCUT2D eigenvalue weighted by Crippen LogP contribution is 2.39. The first kappa shape index (κ1) is 34.4. The fourth-order valence-corrected chi connectivity index (χ4v) is 5.04. The van der Waals surface area contributed by atoms with E-state index >= 15 is 0 Å². The average Bonchev–Trinajstić information content (AvgIpc) is 3.44. The molecule has 0 saturated carbocycles. The molecule has 2 aromatic carbocycles. The number of carbonyl (C=O) groups is 2. The molecule has 4 rings (SSSR count). The predicted molar refractivity (Wildman–Crippen MR) is 157 cm³/mol. The van der Waals surface area contributed by atoms with Gasteiger partial charge < -0.3 is 25.4 Å². The number of hydrogen-bond acceptors (Lipinski definition) is 5. The van der Waals surface area contributed by atoms with E-state index in [-0.39, 0.29) is 51.9 Å². The van der Waals surface area contributed by atoms with Crippen molar-refractivity contribution in [3.63, 3.8) is 0 Å². The van der Waals surface area contributed by atoms with Crippen molar-refractivity contribution in [2.24, 2.45) is 12.5 Å². The smallest absolute Gasteiger partial charge is 0.365 e. The highest BCUT2D eigenvalue weighted by Gasteiger charge is 2.57. The molecular weight excluding hydrogens is 656 g/mol. The van der Waals surface area contributed by atoms with E-state index in [9.17, 15) is 40.3 Å². The van der Waals surface area contributed by atoms with Crippen LogP contribution < -0.4 is 20.9 Å². The summed E-state index contributed by atoms with van der Waals surface area (Å²) < 4.78 is 94.9. The first-order valence-corrected chi connectivity index (χ1v) is 14.2. The number of anilines is 3. The van der Waals surface area contributed by atoms with Gasteiger partial charge in [-0.1, -0.05) is 50.0 Å². The van der Waals surface area contributed by atoms with Gasteiger partial charge in [-0.25, -0.2) is 13.8 Å². The minimum absolute atomic E-state index is 0.0824. The Morgan fingerprint density at radius 2 is 1.71 bits per heavy atom. The number of alkyl halides is 7. The number of amides is 2. The van der Waals surface area contributed by atoms with Crippen LogP contribution in [0.4, 0.5) is 48.1 Å². The number of aryl methyl sites for hydroxylation is 1. The third kappa shape index (κ3) is 7.35. The molecule has 1 fully saturated rings. The fraction of sp³-hybridized carbons (Fsp3) is 0.464. The van der Waals surface area contributed by atoms with Gasteiger partial charge >= 0.3 is 12.1 Å². The molecule has 1 aliphatic heterocycles. The standard InChI is InChI=1S/C28H29Cl2F7N6O2/c1-25(2,3)23(45)38-11-14-5-6-16(29)21(20(14)30)41-24-40-17-9-15(22(44)39-12-27(33,34)28(35,36)37)18(10-19(17)42(24)4)43-8-7-26(31,32)13-43/h5-6,9-10H,7-8,11-13H2,1-4H3,(H,38,45)(H,39,44)(H,40,41). The van der Waals surface area contributed by atoms with Crippen LogP contribution in [0.5, 0.6) is 0 Å². The zero-order valence-corrected chi connectivity index (χ0v) is 25.9. The van der Waals surface area contributed by atoms with Crippen molar-refractivity contribution >= 4 is 63.4 Å². The lowest BCUT2D eigenvalue weighted by atomic mass is 9.95. The van der Waals surface area contributed by atoms with Crippen molar-refractivity contribution in [3.05, 3.63) is 45.4 Å². The van der Waals surface area contributed by atoms with E-state index in [0.717, 1.165) is 11.0 Å². The van der Waals surface area contributed by atoms with Gasteiger partial charge in [0.05, 0.1) is 51.1 Å². The number of fused-ring (bicyclic) bond motifs is 1. The molecule has 246 valence electrons. The Balaban J connectivity index is 1.71. The van der Waals surface area contributed by atoms with Gasteiger partial charge in [-0.2, -0.15) is 22.0 Å². The lowest BCUT2D eigenvalue weighted by Gasteiger charge is -2.23. The summed E-state index contributed by atoms with van der Waals surface area (Å²) in [4.78, 5) is 30.8. The molecule has 1 aromatic heterocycles. The van der Waals surface area contributed by atoms with Crippen LogP contribution in [-0.2, 0) is 18.4 Å². The van der Waals surface area contributed by atoms with Gasteiger partial charge in [-0.15, -0.1) is 0 Å². The van der Waals surface area contributed by atoms with Crippen LogP contribution in [0, 0.1) is 5.41 Å². The summed E-state index contributed by atoms with van der Waals surface area (Å²) in [6.45, 7) is 2.27. The summed E-state index contributed by atoms with van der Waals surface area (Å²) in [5.74, 6) is -9.77. The van der Waals surface area contributed by atoms with Crippen LogP contribution in [0.1, 0.15) is 43.1 Å². The maximum Gasteiger partial charge on any atom is 0.455 e. The Bertz CT molecular complexity index is 1640. The highest BCUT2D eigenvalue weighted by molar-refractivity contribution is 6.39. The van der Waals surface area contributed by atoms with E-state index in [0.29, 0.717) is 11.1 Å². The minimum Gasteiger partial charge on any atom is -0.365 e. The number of imidazole rings is 1. The van der Waals surface area contributed by atoms with E-state index in [1.54, 1.807) is 45.3 Å². The van der Waals surface area contributed by atoms with Crippen LogP contribution >= 0.6 is 23.2 Å². The van der Waals surface area contributed by atoms with Crippen LogP contribution in [0.2, 0.25) is 10.0 Å². The Morgan fingerprint density at radius 1 is 1.04 bits per heavy atom. The molecule has 2 amide bonds. The molecule has 2 heterocycles. The van der Waals surface area contributed by atoms with Crippen LogP contribution in [0.3, 0.4) is 0 Å². The van der Waals surface area contributed by atoms with E-state index in [1.165, 1.54) is 10.6 Å². The van der Waals surface area contributed by atoms with Crippen molar-refractivity contribution in [2.45, 2.75) is 51.8 Å². The van der Waals surface area contributed by atoms with Crippen LogP contribution in [0.25, 0.3) is 11.0 Å². The van der Waals surface area contributed by atoms with Gasteiger partial charge in [0, 0.05) is 32.0 Å². The van der Waals surface area contributed by atoms with Gasteiger partial charge in [0.2, 0.25) is 11.9 Å². The first-order valence-electron chi connectivity index (χ1n) is 13.5. The van der Waals surface area contributed by atoms with E-state index < -0.39 is 54.4 Å². The normalized spacial score (nSPS) is 15.4. The number of hydrogen-bond donors (Lipinski definition) is 3. The number of halogens is 9. The zero-order chi connectivity index (χ0) is 33.7. The van der Waals surface area contributed by atoms with E-state index in [1.807, 2.05) is 0 Å². The van der Waals surface area contributed by atoms with Crippen molar-refractivity contribution < 1.29 is 40.3 Å². The molecule has 8 nitrogen and oxygen atoms in total. The predicted octanol–water partition coefficient (Wildman–Crippen LogP) is 7.06. The molecule has 17 heteroatoms. The molecule has 45 heavy (non-hydrogen) atoms. The number of nitrogens with zero attached hydrogens (tertiary/aromatic N) is 3. The number of carbonyl (C=O) groups excluding carboxylic acids is 2. The summed E-state index contributed by atoms with van der Waals surface area (Å²) in [6, 6.07) is 5.61.